The number of carbonyl (C=O) groups excluding carboxylic acids is 1. The van der Waals surface area contributed by atoms with Crippen LogP contribution >= 0.6 is 0 Å². The number of nitrogens with one attached hydrogen (secondary N) is 1. The zero-order valence-electron chi connectivity index (χ0n) is 18.2. The number of amides is 1. The maximum absolute atomic E-state index is 12.7. The van der Waals surface area contributed by atoms with Crippen LogP contribution in [0.1, 0.15) is 49.1 Å². The molecule has 3 aromatic rings. The Hall–Kier alpha value is -3.00. The normalized spacial score (nSPS) is 12.3. The zero-order chi connectivity index (χ0) is 21.7. The van der Waals surface area contributed by atoms with E-state index in [4.69, 9.17) is 14.3 Å². The summed E-state index contributed by atoms with van der Waals surface area (Å²) in [6.45, 7) is 8.55. The van der Waals surface area contributed by atoms with Gasteiger partial charge in [0.05, 0.1) is 18.3 Å². The molecule has 3 rings (SSSR count). The number of carbonyl (C=O) groups is 1. The number of benzene rings is 1. The van der Waals surface area contributed by atoms with Gasteiger partial charge in [-0.2, -0.15) is 5.10 Å². The number of aromatic nitrogens is 4. The second kappa shape index (κ2) is 9.67. The van der Waals surface area contributed by atoms with Gasteiger partial charge in [-0.15, -0.1) is 10.2 Å². The van der Waals surface area contributed by atoms with Crippen LogP contribution in [-0.4, -0.2) is 45.6 Å². The molecular formula is C22H29N5O3. The van der Waals surface area contributed by atoms with E-state index in [1.165, 1.54) is 0 Å². The van der Waals surface area contributed by atoms with E-state index in [1.807, 2.05) is 35.9 Å². The maximum atomic E-state index is 12.7. The molecule has 8 nitrogen and oxygen atoms in total. The zero-order valence-corrected chi connectivity index (χ0v) is 18.2. The topological polar surface area (TPSA) is 95.1 Å². The van der Waals surface area contributed by atoms with E-state index in [0.29, 0.717) is 35.6 Å². The number of nitrogens with zero attached hydrogens (tertiary/aromatic N) is 4. The summed E-state index contributed by atoms with van der Waals surface area (Å²) in [4.78, 5) is 12.7. The minimum atomic E-state index is -0.133. The van der Waals surface area contributed by atoms with Crippen LogP contribution in [0.4, 0.5) is 0 Å². The SMILES string of the molecule is CCC(COC)NC(=O)c1cccc(-n2nc(-c3nnc(C)o3)cc2CC(C)C)c1. The second-order valence-corrected chi connectivity index (χ2v) is 7.74. The van der Waals surface area contributed by atoms with Gasteiger partial charge in [-0.25, -0.2) is 4.68 Å². The number of hydrogen-bond acceptors (Lipinski definition) is 6. The maximum Gasteiger partial charge on any atom is 0.268 e. The molecule has 8 heteroatoms. The van der Waals surface area contributed by atoms with Crippen molar-refractivity contribution in [2.75, 3.05) is 13.7 Å². The molecule has 0 aliphatic carbocycles. The minimum absolute atomic E-state index is 0.0280. The highest BCUT2D eigenvalue weighted by atomic mass is 16.5. The Labute approximate surface area is 176 Å². The summed E-state index contributed by atoms with van der Waals surface area (Å²) in [5.74, 6) is 1.18. The Morgan fingerprint density at radius 3 is 2.70 bits per heavy atom. The fourth-order valence-corrected chi connectivity index (χ4v) is 3.22. The lowest BCUT2D eigenvalue weighted by Crippen LogP contribution is -2.37. The summed E-state index contributed by atoms with van der Waals surface area (Å²) in [5, 5.41) is 15.7. The van der Waals surface area contributed by atoms with E-state index in [9.17, 15) is 4.79 Å². The molecule has 1 amide bonds. The first-order chi connectivity index (χ1) is 14.4. The molecule has 0 aliphatic heterocycles. The lowest BCUT2D eigenvalue weighted by molar-refractivity contribution is 0.0894. The molecule has 0 saturated carbocycles. The summed E-state index contributed by atoms with van der Waals surface area (Å²) in [7, 11) is 1.63. The summed E-state index contributed by atoms with van der Waals surface area (Å²) >= 11 is 0. The molecule has 1 atom stereocenters. The van der Waals surface area contributed by atoms with Gasteiger partial charge < -0.3 is 14.5 Å². The van der Waals surface area contributed by atoms with Gasteiger partial charge in [-0.3, -0.25) is 4.79 Å². The Morgan fingerprint density at radius 1 is 1.27 bits per heavy atom. The highest BCUT2D eigenvalue weighted by Crippen LogP contribution is 2.23. The van der Waals surface area contributed by atoms with Crippen LogP contribution in [0, 0.1) is 12.8 Å². The van der Waals surface area contributed by atoms with E-state index >= 15 is 0 Å². The molecule has 0 radical (unpaired) electrons. The molecule has 160 valence electrons. The third-order valence-electron chi connectivity index (χ3n) is 4.69. The van der Waals surface area contributed by atoms with Crippen LogP contribution in [0.15, 0.2) is 34.7 Å². The summed E-state index contributed by atoms with van der Waals surface area (Å²) in [5.41, 5.74) is 3.01. The van der Waals surface area contributed by atoms with Crippen LogP contribution in [0.5, 0.6) is 0 Å². The highest BCUT2D eigenvalue weighted by Gasteiger charge is 2.18. The standard InChI is InChI=1S/C22H29N5O3/c1-6-17(13-29-5)23-21(28)16-8-7-9-18(11-16)27-19(10-14(2)3)12-20(26-27)22-25-24-15(4)30-22/h7-9,11-12,14,17H,6,10,13H2,1-5H3,(H,23,28). The van der Waals surface area contributed by atoms with Gasteiger partial charge >= 0.3 is 0 Å². The van der Waals surface area contributed by atoms with E-state index < -0.39 is 0 Å². The average Bonchev–Trinajstić information content (AvgIpc) is 3.33. The lowest BCUT2D eigenvalue weighted by Gasteiger charge is -2.16. The summed E-state index contributed by atoms with van der Waals surface area (Å²) < 4.78 is 12.6. The summed E-state index contributed by atoms with van der Waals surface area (Å²) in [6.07, 6.45) is 1.62. The molecular weight excluding hydrogens is 382 g/mol. The van der Waals surface area contributed by atoms with Crippen LogP contribution in [-0.2, 0) is 11.2 Å². The third-order valence-corrected chi connectivity index (χ3v) is 4.69. The van der Waals surface area contributed by atoms with Gasteiger partial charge in [0.25, 0.3) is 11.8 Å². The second-order valence-electron chi connectivity index (χ2n) is 7.74. The fourth-order valence-electron chi connectivity index (χ4n) is 3.22. The van der Waals surface area contributed by atoms with Crippen molar-refractivity contribution in [2.24, 2.45) is 5.92 Å². The molecule has 0 aliphatic rings. The molecule has 0 spiro atoms. The number of rotatable bonds is 9. The molecule has 30 heavy (non-hydrogen) atoms. The van der Waals surface area contributed by atoms with Gasteiger partial charge in [0.2, 0.25) is 5.89 Å². The fraction of sp³-hybridized carbons (Fsp3) is 0.455. The van der Waals surface area contributed by atoms with Crippen LogP contribution in [0.25, 0.3) is 17.3 Å². The Balaban J connectivity index is 1.93. The third kappa shape index (κ3) is 5.13. The van der Waals surface area contributed by atoms with Gasteiger partial charge in [0.1, 0.15) is 5.69 Å². The van der Waals surface area contributed by atoms with Crippen molar-refractivity contribution in [2.45, 2.75) is 46.6 Å². The molecule has 1 aromatic carbocycles. The monoisotopic (exact) mass is 411 g/mol. The molecule has 2 aromatic heterocycles. The number of hydrogen-bond donors (Lipinski definition) is 1. The van der Waals surface area contributed by atoms with Crippen LogP contribution in [0.3, 0.4) is 0 Å². The lowest BCUT2D eigenvalue weighted by atomic mass is 10.1. The molecule has 0 fully saturated rings. The van der Waals surface area contributed by atoms with Gasteiger partial charge in [0.15, 0.2) is 0 Å². The van der Waals surface area contributed by atoms with Crippen LogP contribution in [0.2, 0.25) is 0 Å². The van der Waals surface area contributed by atoms with Gasteiger partial charge in [0, 0.05) is 25.3 Å². The van der Waals surface area contributed by atoms with E-state index in [-0.39, 0.29) is 11.9 Å². The molecule has 2 heterocycles. The minimum Gasteiger partial charge on any atom is -0.420 e. The van der Waals surface area contributed by atoms with E-state index in [1.54, 1.807) is 20.1 Å². The smallest absolute Gasteiger partial charge is 0.268 e. The molecule has 0 saturated heterocycles. The van der Waals surface area contributed by atoms with Crippen LogP contribution < -0.4 is 5.32 Å². The van der Waals surface area contributed by atoms with Crippen molar-refractivity contribution in [3.63, 3.8) is 0 Å². The van der Waals surface area contributed by atoms with Gasteiger partial charge in [-0.05, 0) is 43.0 Å². The number of ether oxygens (including phenoxy) is 1. The first-order valence-corrected chi connectivity index (χ1v) is 10.2. The van der Waals surface area contributed by atoms with E-state index in [2.05, 4.69) is 29.4 Å². The van der Waals surface area contributed by atoms with Crippen molar-refractivity contribution in [3.8, 4) is 17.3 Å². The first-order valence-electron chi connectivity index (χ1n) is 10.2. The van der Waals surface area contributed by atoms with Crippen molar-refractivity contribution in [1.82, 2.24) is 25.3 Å². The molecule has 0 bridgehead atoms. The van der Waals surface area contributed by atoms with Crippen molar-refractivity contribution >= 4 is 5.91 Å². The Kier molecular flexibility index (Phi) is 6.99. The predicted octanol–water partition coefficient (Wildman–Crippen LogP) is 3.58. The van der Waals surface area contributed by atoms with Crippen molar-refractivity contribution < 1.29 is 13.9 Å². The quantitative estimate of drug-likeness (QED) is 0.578. The number of aryl methyl sites for hydroxylation is 1. The Bertz CT molecular complexity index is 992. The predicted molar refractivity (Wildman–Crippen MR) is 114 cm³/mol. The van der Waals surface area contributed by atoms with Crippen molar-refractivity contribution in [3.05, 3.63) is 47.5 Å². The highest BCUT2D eigenvalue weighted by molar-refractivity contribution is 5.94. The number of methoxy groups -OCH3 is 1. The molecule has 1 N–H and O–H groups in total. The first kappa shape index (κ1) is 21.7. The largest absolute Gasteiger partial charge is 0.420 e. The van der Waals surface area contributed by atoms with E-state index in [0.717, 1.165) is 24.2 Å². The average molecular weight is 412 g/mol. The Morgan fingerprint density at radius 2 is 2.07 bits per heavy atom. The van der Waals surface area contributed by atoms with Crippen molar-refractivity contribution in [1.29, 1.82) is 0 Å². The van der Waals surface area contributed by atoms with Gasteiger partial charge in [-0.1, -0.05) is 26.8 Å². The summed E-state index contributed by atoms with van der Waals surface area (Å²) in [6, 6.07) is 9.37. The molecule has 1 unspecified atom stereocenters.